The van der Waals surface area contributed by atoms with E-state index in [1.807, 2.05) is 5.32 Å². The highest BCUT2D eigenvalue weighted by molar-refractivity contribution is 6.07. The maximum absolute atomic E-state index is 12.4. The molecular formula is C8H7F2N5O2. The number of aliphatic hydroxyl groups is 1. The molecule has 3 N–H and O–H groups in total. The van der Waals surface area contributed by atoms with E-state index in [4.69, 9.17) is 5.11 Å². The molecule has 1 aromatic heterocycles. The van der Waals surface area contributed by atoms with Crippen molar-refractivity contribution < 1.29 is 18.7 Å². The van der Waals surface area contributed by atoms with E-state index < -0.39 is 24.5 Å². The van der Waals surface area contributed by atoms with E-state index in [0.29, 0.717) is 0 Å². The van der Waals surface area contributed by atoms with Gasteiger partial charge < -0.3 is 5.11 Å². The molecule has 1 atom stereocenters. The fraction of sp³-hybridized carbons (Fsp3) is 0.250. The van der Waals surface area contributed by atoms with Crippen molar-refractivity contribution in [2.75, 3.05) is 0 Å². The normalized spacial score (nSPS) is 19.6. The summed E-state index contributed by atoms with van der Waals surface area (Å²) < 4.78 is 24.8. The van der Waals surface area contributed by atoms with Crippen LogP contribution in [0.1, 0.15) is 17.8 Å². The predicted molar refractivity (Wildman–Crippen MR) is 51.2 cm³/mol. The number of hydrogen-bond acceptors (Lipinski definition) is 5. The molecule has 1 aliphatic rings. The van der Waals surface area contributed by atoms with Gasteiger partial charge in [0.05, 0.1) is 12.4 Å². The summed E-state index contributed by atoms with van der Waals surface area (Å²) in [5.41, 5.74) is -0.579. The largest absolute Gasteiger partial charge is 0.355 e. The van der Waals surface area contributed by atoms with Crippen molar-refractivity contribution in [3.05, 3.63) is 23.8 Å². The summed E-state index contributed by atoms with van der Waals surface area (Å²) in [6, 6.07) is -0.702. The molecule has 2 heterocycles. The maximum atomic E-state index is 12.4. The second kappa shape index (κ2) is 4.37. The van der Waals surface area contributed by atoms with Gasteiger partial charge in [-0.25, -0.2) is 23.6 Å². The fourth-order valence-corrected chi connectivity index (χ4v) is 1.18. The average Bonchev–Trinajstić information content (AvgIpc) is 2.28. The van der Waals surface area contributed by atoms with Crippen molar-refractivity contribution in [3.8, 4) is 0 Å². The Morgan fingerprint density at radius 2 is 2.18 bits per heavy atom. The number of aromatic nitrogens is 2. The van der Waals surface area contributed by atoms with Crippen LogP contribution in [0.5, 0.6) is 0 Å². The molecule has 17 heavy (non-hydrogen) atoms. The van der Waals surface area contributed by atoms with Crippen molar-refractivity contribution in [1.82, 2.24) is 20.6 Å². The Balaban J connectivity index is 2.33. The molecule has 2 amide bonds. The van der Waals surface area contributed by atoms with Gasteiger partial charge in [-0.1, -0.05) is 0 Å². The number of hydrogen-bond donors (Lipinski definition) is 3. The summed E-state index contributed by atoms with van der Waals surface area (Å²) in [6.45, 7) is 0. The lowest BCUT2D eigenvalue weighted by molar-refractivity contribution is 0.145. The van der Waals surface area contributed by atoms with Gasteiger partial charge in [-0.3, -0.25) is 15.6 Å². The number of amides is 2. The molecule has 0 spiro atoms. The Morgan fingerprint density at radius 3 is 2.82 bits per heavy atom. The van der Waals surface area contributed by atoms with Crippen LogP contribution in [0.2, 0.25) is 0 Å². The number of carbonyl (C=O) groups is 1. The van der Waals surface area contributed by atoms with Gasteiger partial charge in [-0.2, -0.15) is 0 Å². The monoisotopic (exact) mass is 243 g/mol. The maximum Gasteiger partial charge on any atom is 0.323 e. The smallest absolute Gasteiger partial charge is 0.323 e. The van der Waals surface area contributed by atoms with Gasteiger partial charge in [-0.15, -0.1) is 0 Å². The van der Waals surface area contributed by atoms with Gasteiger partial charge in [-0.05, 0) is 0 Å². The van der Waals surface area contributed by atoms with Crippen LogP contribution in [-0.4, -0.2) is 33.3 Å². The quantitative estimate of drug-likeness (QED) is 0.666. The van der Waals surface area contributed by atoms with Crippen LogP contribution in [-0.2, 0) is 0 Å². The summed E-state index contributed by atoms with van der Waals surface area (Å²) in [5.74, 6) is -0.115. The third-order valence-corrected chi connectivity index (χ3v) is 1.86. The second-order valence-electron chi connectivity index (χ2n) is 3.08. The van der Waals surface area contributed by atoms with Gasteiger partial charge in [0.25, 0.3) is 6.43 Å². The first-order chi connectivity index (χ1) is 8.06. The Labute approximate surface area is 93.6 Å². The van der Waals surface area contributed by atoms with Crippen molar-refractivity contribution in [2.24, 2.45) is 4.99 Å². The van der Waals surface area contributed by atoms with E-state index in [1.165, 1.54) is 0 Å². The molecule has 0 saturated carbocycles. The Bertz CT molecular complexity index is 479. The van der Waals surface area contributed by atoms with Gasteiger partial charge >= 0.3 is 6.03 Å². The van der Waals surface area contributed by atoms with E-state index in [2.05, 4.69) is 20.3 Å². The van der Waals surface area contributed by atoms with Gasteiger partial charge in [0.15, 0.2) is 5.84 Å². The van der Waals surface area contributed by atoms with E-state index in [0.717, 1.165) is 12.4 Å². The molecule has 9 heteroatoms. The van der Waals surface area contributed by atoms with Crippen molar-refractivity contribution in [1.29, 1.82) is 0 Å². The molecule has 1 unspecified atom stereocenters. The fourth-order valence-electron chi connectivity index (χ4n) is 1.18. The predicted octanol–water partition coefficient (Wildman–Crippen LogP) is -0.251. The standard InChI is InChI=1S/C8H7F2N5O2/c9-5(10)3-1-11-2-4(12-3)6-13-7(16)15-8(17)14-6/h1-2,5,7,16H,(H2,13,14,15,17). The van der Waals surface area contributed by atoms with Gasteiger partial charge in [0, 0.05) is 0 Å². The molecule has 0 fully saturated rings. The van der Waals surface area contributed by atoms with Crippen LogP contribution >= 0.6 is 0 Å². The summed E-state index contributed by atoms with van der Waals surface area (Å²) >= 11 is 0. The highest BCUT2D eigenvalue weighted by Crippen LogP contribution is 2.15. The van der Waals surface area contributed by atoms with Gasteiger partial charge in [0.2, 0.25) is 6.35 Å². The molecule has 0 aromatic carbocycles. The molecule has 0 radical (unpaired) electrons. The highest BCUT2D eigenvalue weighted by Gasteiger charge is 2.20. The Hall–Kier alpha value is -2.16. The number of amidine groups is 1. The molecule has 0 aliphatic carbocycles. The Kier molecular flexibility index (Phi) is 2.91. The molecule has 90 valence electrons. The number of aliphatic imine (C=N–C) groups is 1. The van der Waals surface area contributed by atoms with Crippen molar-refractivity contribution in [3.63, 3.8) is 0 Å². The zero-order valence-electron chi connectivity index (χ0n) is 8.26. The highest BCUT2D eigenvalue weighted by atomic mass is 19.3. The number of nitrogens with zero attached hydrogens (tertiary/aromatic N) is 3. The third-order valence-electron chi connectivity index (χ3n) is 1.86. The number of halogens is 2. The number of urea groups is 1. The third kappa shape index (κ3) is 2.50. The zero-order chi connectivity index (χ0) is 12.4. The molecule has 1 aromatic rings. The van der Waals surface area contributed by atoms with Gasteiger partial charge in [0.1, 0.15) is 11.4 Å². The number of nitrogens with one attached hydrogen (secondary N) is 2. The lowest BCUT2D eigenvalue weighted by Gasteiger charge is -2.18. The number of alkyl halides is 2. The second-order valence-corrected chi connectivity index (χ2v) is 3.08. The van der Waals surface area contributed by atoms with Crippen molar-refractivity contribution >= 4 is 11.9 Å². The lowest BCUT2D eigenvalue weighted by atomic mass is 10.3. The number of carbonyl (C=O) groups excluding carboxylic acids is 1. The minimum Gasteiger partial charge on any atom is -0.355 e. The minimum atomic E-state index is -2.77. The van der Waals surface area contributed by atoms with E-state index >= 15 is 0 Å². The summed E-state index contributed by atoms with van der Waals surface area (Å²) in [6.07, 6.45) is -2.14. The van der Waals surface area contributed by atoms with Crippen LogP contribution in [0, 0.1) is 0 Å². The number of rotatable bonds is 2. The van der Waals surface area contributed by atoms with Crippen LogP contribution in [0.4, 0.5) is 13.6 Å². The zero-order valence-corrected chi connectivity index (χ0v) is 8.26. The molecule has 7 nitrogen and oxygen atoms in total. The summed E-state index contributed by atoms with van der Waals surface area (Å²) in [4.78, 5) is 21.7. The lowest BCUT2D eigenvalue weighted by Crippen LogP contribution is -2.50. The SMILES string of the molecule is O=C1NC(c2cncc(C(F)F)n2)=NC(O)N1. The van der Waals surface area contributed by atoms with Crippen LogP contribution in [0.25, 0.3) is 0 Å². The van der Waals surface area contributed by atoms with Crippen LogP contribution in [0.15, 0.2) is 17.4 Å². The topological polar surface area (TPSA) is 99.5 Å². The molecule has 1 aliphatic heterocycles. The van der Waals surface area contributed by atoms with Crippen LogP contribution in [0.3, 0.4) is 0 Å². The first-order valence-corrected chi connectivity index (χ1v) is 4.50. The van der Waals surface area contributed by atoms with Crippen molar-refractivity contribution in [2.45, 2.75) is 12.8 Å². The van der Waals surface area contributed by atoms with E-state index in [9.17, 15) is 13.6 Å². The number of aliphatic hydroxyl groups excluding tert-OH is 1. The molecule has 2 rings (SSSR count). The van der Waals surface area contributed by atoms with Crippen LogP contribution < -0.4 is 10.6 Å². The average molecular weight is 243 g/mol. The molecular weight excluding hydrogens is 236 g/mol. The Morgan fingerprint density at radius 1 is 1.41 bits per heavy atom. The summed E-state index contributed by atoms with van der Waals surface area (Å²) in [5, 5.41) is 13.4. The minimum absolute atomic E-state index is 0.0447. The van der Waals surface area contributed by atoms with E-state index in [-0.39, 0.29) is 11.5 Å². The molecule has 0 saturated heterocycles. The molecule has 0 bridgehead atoms. The summed E-state index contributed by atoms with van der Waals surface area (Å²) in [7, 11) is 0. The first-order valence-electron chi connectivity index (χ1n) is 4.50. The first kappa shape index (κ1) is 11.3. The van der Waals surface area contributed by atoms with E-state index in [1.54, 1.807) is 0 Å².